The molecule has 142 valence electrons. The molecule has 3 atom stereocenters. The summed E-state index contributed by atoms with van der Waals surface area (Å²) in [7, 11) is 1.67. The van der Waals surface area contributed by atoms with E-state index >= 15 is 0 Å². The van der Waals surface area contributed by atoms with E-state index in [1.54, 1.807) is 13.2 Å². The molecule has 1 heterocycles. The number of alkyl halides is 3. The molecule has 1 aromatic carbocycles. The fraction of sp³-hybridized carbons (Fsp3) is 0.579. The van der Waals surface area contributed by atoms with Crippen LogP contribution in [0.2, 0.25) is 0 Å². The van der Waals surface area contributed by atoms with Crippen molar-refractivity contribution in [3.05, 3.63) is 35.7 Å². The first-order chi connectivity index (χ1) is 12.4. The minimum Gasteiger partial charge on any atom is -0.383 e. The van der Waals surface area contributed by atoms with E-state index < -0.39 is 11.7 Å². The summed E-state index contributed by atoms with van der Waals surface area (Å²) in [5.41, 5.74) is 0.464. The Balaban J connectivity index is 1.92. The molecule has 0 bridgehead atoms. The lowest BCUT2D eigenvalue weighted by Gasteiger charge is -2.34. The zero-order chi connectivity index (χ0) is 18.7. The van der Waals surface area contributed by atoms with Crippen LogP contribution in [0.15, 0.2) is 24.5 Å². The summed E-state index contributed by atoms with van der Waals surface area (Å²) in [5, 5.41) is 3.50. The first-order valence-corrected chi connectivity index (χ1v) is 8.93. The number of hydrogen-bond donors (Lipinski definition) is 1. The molecule has 0 amide bonds. The Bertz CT molecular complexity index is 750. The van der Waals surface area contributed by atoms with Crippen molar-refractivity contribution >= 4 is 11.0 Å². The zero-order valence-electron chi connectivity index (χ0n) is 15.0. The molecular formula is C19H24F3N3O. The van der Waals surface area contributed by atoms with Gasteiger partial charge in [-0.25, -0.2) is 0 Å². The molecule has 0 aliphatic heterocycles. The molecule has 1 aliphatic rings. The van der Waals surface area contributed by atoms with Gasteiger partial charge in [0.25, 0.3) is 0 Å². The van der Waals surface area contributed by atoms with Gasteiger partial charge in [0.05, 0.1) is 17.7 Å². The van der Waals surface area contributed by atoms with Gasteiger partial charge in [-0.1, -0.05) is 13.0 Å². The SMILES string of the molecule is COCCN[C@@H]1C[C@H](C)C[C@@H](c2ccc(C(F)(F)F)c3nccnc23)C1. The number of halogens is 3. The number of fused-ring (bicyclic) bond motifs is 1. The number of nitrogens with zero attached hydrogens (tertiary/aromatic N) is 2. The van der Waals surface area contributed by atoms with E-state index in [9.17, 15) is 13.2 Å². The Hall–Kier alpha value is -1.73. The summed E-state index contributed by atoms with van der Waals surface area (Å²) in [6, 6.07) is 3.07. The highest BCUT2D eigenvalue weighted by molar-refractivity contribution is 5.82. The number of rotatable bonds is 5. The van der Waals surface area contributed by atoms with Crippen molar-refractivity contribution in [2.75, 3.05) is 20.3 Å². The summed E-state index contributed by atoms with van der Waals surface area (Å²) < 4.78 is 45.0. The molecule has 4 nitrogen and oxygen atoms in total. The van der Waals surface area contributed by atoms with E-state index in [2.05, 4.69) is 22.2 Å². The van der Waals surface area contributed by atoms with Gasteiger partial charge in [-0.15, -0.1) is 0 Å². The Morgan fingerprint density at radius 2 is 1.85 bits per heavy atom. The fourth-order valence-electron chi connectivity index (χ4n) is 4.02. The molecule has 1 N–H and O–H groups in total. The third-order valence-electron chi connectivity index (χ3n) is 5.08. The molecule has 26 heavy (non-hydrogen) atoms. The number of ether oxygens (including phenoxy) is 1. The van der Waals surface area contributed by atoms with Crippen molar-refractivity contribution in [2.45, 2.75) is 44.3 Å². The number of nitrogens with one attached hydrogen (secondary N) is 1. The summed E-state index contributed by atoms with van der Waals surface area (Å²) in [4.78, 5) is 8.24. The van der Waals surface area contributed by atoms with Crippen LogP contribution in [-0.4, -0.2) is 36.3 Å². The second kappa shape index (κ2) is 7.88. The van der Waals surface area contributed by atoms with E-state index in [0.29, 0.717) is 24.1 Å². The first-order valence-electron chi connectivity index (χ1n) is 8.93. The molecule has 1 fully saturated rings. The van der Waals surface area contributed by atoms with E-state index in [1.165, 1.54) is 12.4 Å². The number of hydrogen-bond acceptors (Lipinski definition) is 4. The minimum atomic E-state index is -4.43. The summed E-state index contributed by atoms with van der Waals surface area (Å²) in [6.07, 6.45) is 1.23. The summed E-state index contributed by atoms with van der Waals surface area (Å²) in [6.45, 7) is 3.60. The van der Waals surface area contributed by atoms with Crippen molar-refractivity contribution in [3.63, 3.8) is 0 Å². The number of aromatic nitrogens is 2. The van der Waals surface area contributed by atoms with E-state index in [4.69, 9.17) is 4.74 Å². The van der Waals surface area contributed by atoms with Crippen LogP contribution < -0.4 is 5.32 Å². The Morgan fingerprint density at radius 1 is 1.12 bits per heavy atom. The molecule has 0 spiro atoms. The fourth-order valence-corrected chi connectivity index (χ4v) is 4.02. The smallest absolute Gasteiger partial charge is 0.383 e. The number of benzene rings is 1. The van der Waals surface area contributed by atoms with Crippen LogP contribution in [-0.2, 0) is 10.9 Å². The van der Waals surface area contributed by atoms with E-state index in [-0.39, 0.29) is 11.4 Å². The maximum atomic E-state index is 13.3. The van der Waals surface area contributed by atoms with Gasteiger partial charge >= 0.3 is 6.18 Å². The zero-order valence-corrected chi connectivity index (χ0v) is 15.0. The van der Waals surface area contributed by atoms with Gasteiger partial charge in [0, 0.05) is 32.1 Å². The van der Waals surface area contributed by atoms with Gasteiger partial charge in [-0.2, -0.15) is 13.2 Å². The first kappa shape index (κ1) is 19.0. The largest absolute Gasteiger partial charge is 0.418 e. The molecule has 7 heteroatoms. The van der Waals surface area contributed by atoms with Crippen LogP contribution in [0.3, 0.4) is 0 Å². The molecule has 0 radical (unpaired) electrons. The second-order valence-corrected chi connectivity index (χ2v) is 7.11. The van der Waals surface area contributed by atoms with Crippen LogP contribution in [0.1, 0.15) is 43.2 Å². The molecule has 1 aliphatic carbocycles. The van der Waals surface area contributed by atoms with Crippen molar-refractivity contribution in [2.24, 2.45) is 5.92 Å². The molecule has 3 rings (SSSR count). The van der Waals surface area contributed by atoms with Crippen LogP contribution in [0, 0.1) is 5.92 Å². The lowest BCUT2D eigenvalue weighted by molar-refractivity contribution is -0.136. The predicted molar refractivity (Wildman–Crippen MR) is 94.0 cm³/mol. The predicted octanol–water partition coefficient (Wildman–Crippen LogP) is 4.16. The highest BCUT2D eigenvalue weighted by Crippen LogP contribution is 2.41. The summed E-state index contributed by atoms with van der Waals surface area (Å²) in [5.74, 6) is 0.656. The van der Waals surface area contributed by atoms with Crippen LogP contribution >= 0.6 is 0 Å². The van der Waals surface area contributed by atoms with Crippen molar-refractivity contribution < 1.29 is 17.9 Å². The molecule has 1 aromatic heterocycles. The van der Waals surface area contributed by atoms with Gasteiger partial charge < -0.3 is 10.1 Å². The molecule has 0 saturated heterocycles. The molecule has 1 saturated carbocycles. The standard InChI is InChI=1S/C19H24F3N3O/c1-12-9-13(11-14(10-12)23-7-8-26-2)15-3-4-16(19(20,21)22)18-17(15)24-5-6-25-18/h3-6,12-14,23H,7-11H2,1-2H3/t12-,13-,14-/m1/s1. The van der Waals surface area contributed by atoms with Crippen LogP contribution in [0.4, 0.5) is 13.2 Å². The second-order valence-electron chi connectivity index (χ2n) is 7.11. The van der Waals surface area contributed by atoms with Gasteiger partial charge in [0.15, 0.2) is 0 Å². The summed E-state index contributed by atoms with van der Waals surface area (Å²) >= 11 is 0. The third kappa shape index (κ3) is 4.15. The van der Waals surface area contributed by atoms with Gasteiger partial charge in [0.2, 0.25) is 0 Å². The molecule has 2 aromatic rings. The van der Waals surface area contributed by atoms with Gasteiger partial charge in [-0.05, 0) is 42.7 Å². The van der Waals surface area contributed by atoms with Crippen LogP contribution in [0.5, 0.6) is 0 Å². The van der Waals surface area contributed by atoms with E-state index in [1.807, 2.05) is 0 Å². The Labute approximate surface area is 151 Å². The highest BCUT2D eigenvalue weighted by Gasteiger charge is 2.35. The lowest BCUT2D eigenvalue weighted by Crippen LogP contribution is -2.38. The van der Waals surface area contributed by atoms with Crippen LogP contribution in [0.25, 0.3) is 11.0 Å². The van der Waals surface area contributed by atoms with Crippen molar-refractivity contribution in [1.29, 1.82) is 0 Å². The molecule has 0 unspecified atom stereocenters. The van der Waals surface area contributed by atoms with Crippen molar-refractivity contribution in [3.8, 4) is 0 Å². The Morgan fingerprint density at radius 3 is 2.54 bits per heavy atom. The average molecular weight is 367 g/mol. The lowest BCUT2D eigenvalue weighted by atomic mass is 9.75. The number of methoxy groups -OCH3 is 1. The van der Waals surface area contributed by atoms with Crippen molar-refractivity contribution in [1.82, 2.24) is 15.3 Å². The minimum absolute atomic E-state index is 0.0559. The quantitative estimate of drug-likeness (QED) is 0.807. The monoisotopic (exact) mass is 367 g/mol. The van der Waals surface area contributed by atoms with E-state index in [0.717, 1.165) is 37.4 Å². The molecular weight excluding hydrogens is 343 g/mol. The average Bonchev–Trinajstić information content (AvgIpc) is 2.59. The Kier molecular flexibility index (Phi) is 5.77. The van der Waals surface area contributed by atoms with Gasteiger partial charge in [0.1, 0.15) is 5.52 Å². The van der Waals surface area contributed by atoms with Gasteiger partial charge in [-0.3, -0.25) is 9.97 Å². The maximum Gasteiger partial charge on any atom is 0.418 e. The highest BCUT2D eigenvalue weighted by atomic mass is 19.4. The maximum absolute atomic E-state index is 13.3. The third-order valence-corrected chi connectivity index (χ3v) is 5.08. The normalized spacial score (nSPS) is 24.1. The topological polar surface area (TPSA) is 47.0 Å².